The number of rotatable bonds is 5. The second-order valence-corrected chi connectivity index (χ2v) is 8.91. The van der Waals surface area contributed by atoms with Crippen molar-refractivity contribution in [1.82, 2.24) is 9.78 Å². The van der Waals surface area contributed by atoms with Gasteiger partial charge >= 0.3 is 5.97 Å². The molecule has 0 fully saturated rings. The SMILES string of the molecule is CC(C)OC(=O)c1c(NC(=O)c2ccnn2C)sc2c1CC[C@@H](c1ccccc1)C2. The lowest BCUT2D eigenvalue weighted by atomic mass is 9.83. The molecule has 2 aromatic heterocycles. The molecule has 0 unspecified atom stereocenters. The summed E-state index contributed by atoms with van der Waals surface area (Å²) in [7, 11) is 1.72. The van der Waals surface area contributed by atoms with Crippen molar-refractivity contribution in [2.24, 2.45) is 7.05 Å². The van der Waals surface area contributed by atoms with Gasteiger partial charge in [-0.1, -0.05) is 30.3 Å². The van der Waals surface area contributed by atoms with E-state index in [9.17, 15) is 9.59 Å². The van der Waals surface area contributed by atoms with Crippen molar-refractivity contribution in [3.05, 3.63) is 69.9 Å². The molecule has 1 amide bonds. The van der Waals surface area contributed by atoms with Gasteiger partial charge in [0.2, 0.25) is 0 Å². The zero-order valence-corrected chi connectivity index (χ0v) is 18.2. The van der Waals surface area contributed by atoms with Crippen molar-refractivity contribution >= 4 is 28.2 Å². The molecule has 30 heavy (non-hydrogen) atoms. The number of carbonyl (C=O) groups is 2. The lowest BCUT2D eigenvalue weighted by molar-refractivity contribution is 0.0378. The zero-order valence-electron chi connectivity index (χ0n) is 17.3. The topological polar surface area (TPSA) is 73.2 Å². The molecule has 0 radical (unpaired) electrons. The summed E-state index contributed by atoms with van der Waals surface area (Å²) in [5.41, 5.74) is 3.26. The van der Waals surface area contributed by atoms with Crippen LogP contribution in [-0.4, -0.2) is 27.8 Å². The molecule has 1 aliphatic carbocycles. The summed E-state index contributed by atoms with van der Waals surface area (Å²) < 4.78 is 7.02. The van der Waals surface area contributed by atoms with Crippen LogP contribution >= 0.6 is 11.3 Å². The van der Waals surface area contributed by atoms with E-state index < -0.39 is 0 Å². The maximum atomic E-state index is 12.9. The predicted octanol–water partition coefficient (Wildman–Crippen LogP) is 4.57. The van der Waals surface area contributed by atoms with E-state index in [-0.39, 0.29) is 18.0 Å². The van der Waals surface area contributed by atoms with Gasteiger partial charge in [-0.05, 0) is 56.2 Å². The summed E-state index contributed by atoms with van der Waals surface area (Å²) in [6.07, 6.45) is 3.95. The highest BCUT2D eigenvalue weighted by molar-refractivity contribution is 7.17. The first-order chi connectivity index (χ1) is 14.4. The number of nitrogens with zero attached hydrogens (tertiary/aromatic N) is 2. The fourth-order valence-corrected chi connectivity index (χ4v) is 5.25. The van der Waals surface area contributed by atoms with Crippen molar-refractivity contribution in [3.63, 3.8) is 0 Å². The third kappa shape index (κ3) is 4.03. The molecule has 1 aliphatic rings. The Labute approximate surface area is 179 Å². The molecule has 7 heteroatoms. The maximum Gasteiger partial charge on any atom is 0.341 e. The molecule has 6 nitrogen and oxygen atoms in total. The van der Waals surface area contributed by atoms with E-state index in [1.54, 1.807) is 19.3 Å². The number of benzene rings is 1. The van der Waals surface area contributed by atoms with Crippen LogP contribution in [0.15, 0.2) is 42.6 Å². The lowest BCUT2D eigenvalue weighted by Gasteiger charge is -2.23. The van der Waals surface area contributed by atoms with Gasteiger partial charge in [-0.3, -0.25) is 9.48 Å². The number of anilines is 1. The van der Waals surface area contributed by atoms with Crippen LogP contribution in [0, 0.1) is 0 Å². The maximum absolute atomic E-state index is 12.9. The van der Waals surface area contributed by atoms with Gasteiger partial charge in [0.1, 0.15) is 10.7 Å². The summed E-state index contributed by atoms with van der Waals surface area (Å²) in [6, 6.07) is 12.1. The number of hydrogen-bond acceptors (Lipinski definition) is 5. The van der Waals surface area contributed by atoms with Crippen molar-refractivity contribution in [2.45, 2.75) is 45.1 Å². The first-order valence-electron chi connectivity index (χ1n) is 10.1. The molecular weight excluding hydrogens is 398 g/mol. The minimum atomic E-state index is -0.374. The van der Waals surface area contributed by atoms with Crippen LogP contribution in [0.25, 0.3) is 0 Å². The Kier molecular flexibility index (Phi) is 5.72. The van der Waals surface area contributed by atoms with Crippen LogP contribution in [0.4, 0.5) is 5.00 Å². The number of hydrogen-bond donors (Lipinski definition) is 1. The number of amides is 1. The first kappa shape index (κ1) is 20.3. The fourth-order valence-electron chi connectivity index (χ4n) is 3.94. The molecule has 3 aromatic rings. The largest absolute Gasteiger partial charge is 0.459 e. The standard InChI is InChI=1S/C23H25N3O3S/c1-14(2)29-23(28)20-17-10-9-16(15-7-5-4-6-8-15)13-19(17)30-22(20)25-21(27)18-11-12-24-26(18)3/h4-8,11-12,14,16H,9-10,13H2,1-3H3,(H,25,27)/t16-/m1/s1. The molecule has 1 atom stereocenters. The number of ether oxygens (including phenoxy) is 1. The number of aryl methyl sites for hydroxylation is 1. The highest BCUT2D eigenvalue weighted by Crippen LogP contribution is 2.43. The van der Waals surface area contributed by atoms with Gasteiger partial charge in [-0.15, -0.1) is 11.3 Å². The average molecular weight is 424 g/mol. The Hall–Kier alpha value is -2.93. The van der Waals surface area contributed by atoms with E-state index in [0.717, 1.165) is 29.7 Å². The molecule has 0 bridgehead atoms. The fraction of sp³-hybridized carbons (Fsp3) is 0.348. The number of aromatic nitrogens is 2. The molecule has 156 valence electrons. The summed E-state index contributed by atoms with van der Waals surface area (Å²) in [5.74, 6) is -0.250. The van der Waals surface area contributed by atoms with Gasteiger partial charge in [0.05, 0.1) is 11.7 Å². The first-order valence-corrected chi connectivity index (χ1v) is 11.0. The number of nitrogens with one attached hydrogen (secondary N) is 1. The molecule has 0 aliphatic heterocycles. The average Bonchev–Trinajstić information content (AvgIpc) is 3.30. The minimum Gasteiger partial charge on any atom is -0.459 e. The van der Waals surface area contributed by atoms with Crippen molar-refractivity contribution in [2.75, 3.05) is 5.32 Å². The lowest BCUT2D eigenvalue weighted by Crippen LogP contribution is -2.20. The van der Waals surface area contributed by atoms with Crippen LogP contribution in [-0.2, 0) is 24.6 Å². The van der Waals surface area contributed by atoms with E-state index in [1.807, 2.05) is 19.9 Å². The minimum absolute atomic E-state index is 0.227. The quantitative estimate of drug-likeness (QED) is 0.610. The zero-order chi connectivity index (χ0) is 21.3. The predicted molar refractivity (Wildman–Crippen MR) is 117 cm³/mol. The monoisotopic (exact) mass is 423 g/mol. The second kappa shape index (κ2) is 8.44. The number of thiophene rings is 1. The molecule has 0 saturated heterocycles. The smallest absolute Gasteiger partial charge is 0.341 e. The third-order valence-electron chi connectivity index (χ3n) is 5.36. The second-order valence-electron chi connectivity index (χ2n) is 7.81. The molecule has 1 N–H and O–H groups in total. The molecule has 4 rings (SSSR count). The van der Waals surface area contributed by atoms with Crippen molar-refractivity contribution in [3.8, 4) is 0 Å². The van der Waals surface area contributed by atoms with E-state index in [0.29, 0.717) is 22.2 Å². The van der Waals surface area contributed by atoms with E-state index >= 15 is 0 Å². The Morgan fingerprint density at radius 2 is 2.00 bits per heavy atom. The highest BCUT2D eigenvalue weighted by Gasteiger charge is 2.31. The highest BCUT2D eigenvalue weighted by atomic mass is 32.1. The Balaban J connectivity index is 1.67. The Morgan fingerprint density at radius 3 is 2.67 bits per heavy atom. The van der Waals surface area contributed by atoms with E-state index in [1.165, 1.54) is 21.6 Å². The van der Waals surface area contributed by atoms with E-state index in [4.69, 9.17) is 4.74 Å². The summed E-state index contributed by atoms with van der Waals surface area (Å²) >= 11 is 1.48. The van der Waals surface area contributed by atoms with Crippen LogP contribution in [0.1, 0.15) is 63.0 Å². The van der Waals surface area contributed by atoms with Gasteiger partial charge in [-0.25, -0.2) is 4.79 Å². The Bertz CT molecular complexity index is 1070. The summed E-state index contributed by atoms with van der Waals surface area (Å²) in [6.45, 7) is 3.66. The Morgan fingerprint density at radius 1 is 1.23 bits per heavy atom. The van der Waals surface area contributed by atoms with Gasteiger partial charge in [0.25, 0.3) is 5.91 Å². The van der Waals surface area contributed by atoms with Crippen LogP contribution in [0.5, 0.6) is 0 Å². The van der Waals surface area contributed by atoms with Crippen molar-refractivity contribution in [1.29, 1.82) is 0 Å². The summed E-state index contributed by atoms with van der Waals surface area (Å²) in [4.78, 5) is 26.8. The molecular formula is C23H25N3O3S. The molecule has 2 heterocycles. The van der Waals surface area contributed by atoms with Crippen LogP contribution < -0.4 is 5.32 Å². The van der Waals surface area contributed by atoms with Gasteiger partial charge in [0.15, 0.2) is 0 Å². The van der Waals surface area contributed by atoms with Crippen molar-refractivity contribution < 1.29 is 14.3 Å². The number of fused-ring (bicyclic) bond motifs is 1. The van der Waals surface area contributed by atoms with Gasteiger partial charge in [-0.2, -0.15) is 5.10 Å². The van der Waals surface area contributed by atoms with Crippen LogP contribution in [0.3, 0.4) is 0 Å². The molecule has 1 aromatic carbocycles. The van der Waals surface area contributed by atoms with E-state index in [2.05, 4.69) is 34.7 Å². The van der Waals surface area contributed by atoms with Crippen LogP contribution in [0.2, 0.25) is 0 Å². The normalized spacial score (nSPS) is 15.7. The third-order valence-corrected chi connectivity index (χ3v) is 6.53. The molecule has 0 spiro atoms. The number of esters is 1. The number of carbonyl (C=O) groups excluding carboxylic acids is 2. The molecule has 0 saturated carbocycles. The summed E-state index contributed by atoms with van der Waals surface area (Å²) in [5, 5.41) is 7.55. The van der Waals surface area contributed by atoms with Gasteiger partial charge in [0, 0.05) is 18.1 Å². The van der Waals surface area contributed by atoms with Gasteiger partial charge < -0.3 is 10.1 Å².